The van der Waals surface area contributed by atoms with Gasteiger partial charge in [0.1, 0.15) is 0 Å². The van der Waals surface area contributed by atoms with Gasteiger partial charge in [0, 0.05) is 99.6 Å². The number of nitrogens with zero attached hydrogens (tertiary/aromatic N) is 8. The minimum Gasteiger partial charge on any atom is -0.465 e. The maximum Gasteiger partial charge on any atom is 0.338 e. The van der Waals surface area contributed by atoms with Gasteiger partial charge in [0.05, 0.1) is 92.4 Å². The molecule has 4 aliphatic rings. The van der Waals surface area contributed by atoms with Crippen molar-refractivity contribution in [1.82, 2.24) is 19.6 Å². The number of aryl methyl sites for hydroxylation is 4. The van der Waals surface area contributed by atoms with Gasteiger partial charge in [0.25, 0.3) is 23.6 Å². The molecule has 8 aromatic rings. The number of benzene rings is 8. The van der Waals surface area contributed by atoms with Crippen LogP contribution in [0.25, 0.3) is 0 Å². The molecule has 0 aliphatic carbocycles. The first-order valence-corrected chi connectivity index (χ1v) is 47.4. The largest absolute Gasteiger partial charge is 0.465 e. The number of amides is 4. The predicted molar refractivity (Wildman–Crippen MR) is 519 cm³/mol. The molecule has 0 unspecified atom stereocenters. The van der Waals surface area contributed by atoms with Crippen molar-refractivity contribution >= 4 is 141 Å². The van der Waals surface area contributed by atoms with Crippen LogP contribution in [0.2, 0.25) is 0 Å². The molecule has 710 valence electrons. The summed E-state index contributed by atoms with van der Waals surface area (Å²) in [5, 5.41) is -1.89. The van der Waals surface area contributed by atoms with Crippen LogP contribution < -0.4 is 19.6 Å². The zero-order valence-electron chi connectivity index (χ0n) is 79.5. The third-order valence-electron chi connectivity index (χ3n) is 21.2. The Hall–Kier alpha value is -11.4. The van der Waals surface area contributed by atoms with E-state index in [9.17, 15) is 57.5 Å². The molecule has 0 aromatic heterocycles. The predicted octanol–water partition coefficient (Wildman–Crippen LogP) is 15.8. The number of thioether (sulfide) groups is 4. The summed E-state index contributed by atoms with van der Waals surface area (Å²) in [6.07, 6.45) is -3.53. The Morgan fingerprint density at radius 2 is 0.571 bits per heavy atom. The van der Waals surface area contributed by atoms with Gasteiger partial charge >= 0.3 is 47.8 Å². The van der Waals surface area contributed by atoms with Crippen LogP contribution in [0, 0.1) is 27.7 Å². The van der Waals surface area contributed by atoms with Crippen LogP contribution in [-0.4, -0.2) is 251 Å². The monoisotopic (exact) mass is 1890 g/mol. The van der Waals surface area contributed by atoms with Crippen molar-refractivity contribution in [2.24, 2.45) is 0 Å². The third-order valence-corrected chi connectivity index (χ3v) is 26.6. The van der Waals surface area contributed by atoms with Gasteiger partial charge in [-0.25, -0.2) is 19.2 Å². The van der Waals surface area contributed by atoms with Crippen molar-refractivity contribution in [3.05, 3.63) is 237 Å². The SMILES string of the molecule is CC(=O)O[C@H]1C(=O)N(CCN(C)C)c2ccc(C(=O)OC(C)C)cc2S[C@H]1c1ccc(C)cc1.CCCOC(=O)c1ccc2c(c1)S[C@@H](c1ccc(C)cc1)[C@@H](OC(C)=O)C(=O)N2CCN(C)C.CCOC(=O)c1ccc2c(c1)S[C@@H](c1ccc(C)cc1)[C@@H](OC(C)=O)C(=O)N2CCN(C)C.COC(=O)c1ccc2c(c1)S[C@@H](c1ccc(C)cc1)[C@@H](OC(C)=O)C(=O)N2CCN(C)C. The van der Waals surface area contributed by atoms with Gasteiger partial charge in [-0.15, -0.1) is 47.0 Å². The van der Waals surface area contributed by atoms with Crippen molar-refractivity contribution in [2.45, 2.75) is 161 Å². The molecule has 0 bridgehead atoms. The summed E-state index contributed by atoms with van der Waals surface area (Å²) in [6.45, 7) is 25.3. The lowest BCUT2D eigenvalue weighted by molar-refractivity contribution is -0.153. The molecule has 133 heavy (non-hydrogen) atoms. The molecule has 8 atom stereocenters. The Morgan fingerprint density at radius 1 is 0.338 bits per heavy atom. The molecule has 12 rings (SSSR count). The number of methoxy groups -OCH3 is 1. The highest BCUT2D eigenvalue weighted by Crippen LogP contribution is 2.52. The summed E-state index contributed by atoms with van der Waals surface area (Å²) >= 11 is 5.67. The third kappa shape index (κ3) is 29.1. The number of rotatable bonds is 28. The number of fused-ring (bicyclic) bond motifs is 4. The Labute approximate surface area is 797 Å². The van der Waals surface area contributed by atoms with Gasteiger partial charge in [-0.1, -0.05) is 126 Å². The average molecular weight is 1900 g/mol. The topological polar surface area (TPSA) is 305 Å². The first-order valence-electron chi connectivity index (χ1n) is 43.9. The van der Waals surface area contributed by atoms with E-state index in [0.29, 0.717) is 104 Å². The molecule has 4 amide bonds. The Balaban J connectivity index is 0.000000199. The Kier molecular flexibility index (Phi) is 39.3. The van der Waals surface area contributed by atoms with Crippen molar-refractivity contribution in [3.63, 3.8) is 0 Å². The van der Waals surface area contributed by atoms with Crippen LogP contribution >= 0.6 is 47.0 Å². The van der Waals surface area contributed by atoms with Crippen LogP contribution in [0.5, 0.6) is 0 Å². The summed E-state index contributed by atoms with van der Waals surface area (Å²) < 4.78 is 43.2. The van der Waals surface area contributed by atoms with Crippen molar-refractivity contribution in [2.75, 3.05) is 149 Å². The number of anilines is 4. The number of esters is 8. The normalized spacial score (nSPS) is 18.0. The molecule has 0 saturated heterocycles. The molecule has 0 fully saturated rings. The maximum atomic E-state index is 13.8. The Morgan fingerprint density at radius 3 is 0.782 bits per heavy atom. The number of carbonyl (C=O) groups excluding carboxylic acids is 12. The highest BCUT2D eigenvalue weighted by Gasteiger charge is 2.46. The molecule has 0 N–H and O–H groups in total. The molecule has 4 aliphatic heterocycles. The molecule has 0 saturated carbocycles. The summed E-state index contributed by atoms with van der Waals surface area (Å²) in [6, 6.07) is 52.1. The van der Waals surface area contributed by atoms with Crippen molar-refractivity contribution in [1.29, 1.82) is 0 Å². The van der Waals surface area contributed by atoms with E-state index >= 15 is 0 Å². The molecule has 0 spiro atoms. The van der Waals surface area contributed by atoms with E-state index < -0.39 is 93.2 Å². The zero-order valence-corrected chi connectivity index (χ0v) is 82.8. The van der Waals surface area contributed by atoms with Crippen molar-refractivity contribution in [3.8, 4) is 0 Å². The lowest BCUT2D eigenvalue weighted by Crippen LogP contribution is -2.45. The van der Waals surface area contributed by atoms with Gasteiger partial charge in [-0.3, -0.25) is 38.4 Å². The van der Waals surface area contributed by atoms with Gasteiger partial charge in [-0.05, 0) is 206 Å². The lowest BCUT2D eigenvalue weighted by atomic mass is 10.0. The van der Waals surface area contributed by atoms with E-state index in [0.717, 1.165) is 70.5 Å². The second-order valence-electron chi connectivity index (χ2n) is 33.6. The highest BCUT2D eigenvalue weighted by atomic mass is 32.2. The summed E-state index contributed by atoms with van der Waals surface area (Å²) in [5.74, 6) is -4.90. The second-order valence-corrected chi connectivity index (χ2v) is 38.4. The minimum absolute atomic E-state index is 0.245. The van der Waals surface area contributed by atoms with E-state index in [1.807, 2.05) is 208 Å². The minimum atomic E-state index is -1.01. The molecule has 0 radical (unpaired) electrons. The highest BCUT2D eigenvalue weighted by molar-refractivity contribution is 8.00. The molecule has 4 heterocycles. The molecular formula is C101H122N8O20S4. The zero-order chi connectivity index (χ0) is 97.4. The van der Waals surface area contributed by atoms with E-state index in [1.54, 1.807) is 113 Å². The van der Waals surface area contributed by atoms with Gasteiger partial charge in [0.2, 0.25) is 0 Å². The van der Waals surface area contributed by atoms with Crippen LogP contribution in [0.1, 0.15) is 169 Å². The fourth-order valence-corrected chi connectivity index (χ4v) is 19.8. The van der Waals surface area contributed by atoms with Crippen LogP contribution in [0.4, 0.5) is 22.7 Å². The molecular weight excluding hydrogens is 1770 g/mol. The number of likely N-dealkylation sites (N-methyl/N-ethyl adjacent to an activating group) is 4. The van der Waals surface area contributed by atoms with Crippen molar-refractivity contribution < 1.29 is 95.4 Å². The van der Waals surface area contributed by atoms with E-state index in [2.05, 4.69) is 0 Å². The standard InChI is InChI=1S/2C26H32N2O5S.C25H30N2O5S.C24H28N2O5S/c1-16(2)32-26(31)20-11-12-21-22(15-20)34-24(19-9-7-17(3)8-10-19)23(33-18(4)29)25(30)28(21)14-13-27(5)6;1-6-15-32-26(31)20-11-12-21-22(16-20)34-24(19-9-7-17(2)8-10-19)23(33-18(3)29)25(30)28(21)14-13-27(4)5;1-6-31-25(30)19-11-12-20-21(15-19)33-23(18-9-7-16(2)8-10-18)22(32-17(3)28)24(29)27(20)14-13-26(4)5;1-15-6-8-17(9-7-15)22-21(31-16(2)27)23(28)26(13-12-25(3)4)19-11-10-18(24(29)30-5)14-20(19)32-22/h7-12,15-16,23-24H,13-14H2,1-6H3;7-12,16,23-24H,6,13-15H2,1-5H3;7-12,15,22-23H,6,13-14H2,1-5H3;6-11,14,21-22H,12-13H2,1-5H3/t2*23-,24+;22-,23+;21-,22+/m1111/s1. The first kappa shape index (κ1) is 105. The average Bonchev–Trinajstić information content (AvgIpc) is 1.65. The number of hydrogen-bond donors (Lipinski definition) is 0. The second kappa shape index (κ2) is 49.6. The fourth-order valence-electron chi connectivity index (χ4n) is 14.4. The number of carbonyl (C=O) groups is 12. The molecule has 28 nitrogen and oxygen atoms in total. The van der Waals surface area contributed by atoms with Gasteiger partial charge < -0.3 is 77.1 Å². The van der Waals surface area contributed by atoms with Crippen LogP contribution in [0.3, 0.4) is 0 Å². The maximum absolute atomic E-state index is 13.8. The van der Waals surface area contributed by atoms with Crippen LogP contribution in [-0.2, 0) is 76.3 Å². The summed E-state index contributed by atoms with van der Waals surface area (Å²) in [4.78, 5) is 170. The quantitative estimate of drug-likeness (QED) is 0.0325. The number of ether oxygens (including phenoxy) is 8. The molecule has 8 aromatic carbocycles. The smallest absolute Gasteiger partial charge is 0.338 e. The summed E-state index contributed by atoms with van der Waals surface area (Å²) in [7, 11) is 16.8. The first-order chi connectivity index (χ1) is 63.2. The van der Waals surface area contributed by atoms with E-state index in [1.165, 1.54) is 81.9 Å². The fraction of sp³-hybridized carbons (Fsp3) is 0.406. The molecule has 32 heteroatoms. The van der Waals surface area contributed by atoms with Crippen LogP contribution in [0.15, 0.2) is 189 Å². The lowest BCUT2D eigenvalue weighted by Gasteiger charge is -2.28. The Bertz CT molecular complexity index is 5450. The van der Waals surface area contributed by atoms with E-state index in [4.69, 9.17) is 37.9 Å². The summed E-state index contributed by atoms with van der Waals surface area (Å²) in [5.41, 5.74) is 12.2. The van der Waals surface area contributed by atoms with Gasteiger partial charge in [-0.2, -0.15) is 0 Å². The van der Waals surface area contributed by atoms with E-state index in [-0.39, 0.29) is 36.3 Å². The van der Waals surface area contributed by atoms with Gasteiger partial charge in [0.15, 0.2) is 24.4 Å². The number of hydrogen-bond acceptors (Lipinski definition) is 28.